The summed E-state index contributed by atoms with van der Waals surface area (Å²) in [5, 5.41) is 11.0. The van der Waals surface area contributed by atoms with Crippen molar-refractivity contribution in [3.8, 4) is 0 Å². The van der Waals surface area contributed by atoms with E-state index < -0.39 is 5.17 Å². The van der Waals surface area contributed by atoms with Crippen molar-refractivity contribution in [2.45, 2.75) is 0 Å². The summed E-state index contributed by atoms with van der Waals surface area (Å²) in [6.07, 6.45) is 0. The average molecular weight is 279 g/mol. The normalized spacial score (nSPS) is 8.38. The number of rotatable bonds is 1. The van der Waals surface area contributed by atoms with Crippen LogP contribution in [0.2, 0.25) is 5.02 Å². The van der Waals surface area contributed by atoms with E-state index in [1.54, 1.807) is 12.1 Å². The first-order valence-corrected chi connectivity index (χ1v) is 5.24. The summed E-state index contributed by atoms with van der Waals surface area (Å²) >= 11 is 14.4. The number of ether oxygens (including phenoxy) is 1. The summed E-state index contributed by atoms with van der Waals surface area (Å²) in [5.41, 5.74) is 5.27. The van der Waals surface area contributed by atoms with Crippen molar-refractivity contribution < 1.29 is 9.84 Å². The summed E-state index contributed by atoms with van der Waals surface area (Å²) in [5.74, 6) is 0. The second-order valence-corrected chi connectivity index (χ2v) is 3.69. The smallest absolute Gasteiger partial charge is 0.260 e. The van der Waals surface area contributed by atoms with Gasteiger partial charge in [0.25, 0.3) is 10.3 Å². The molecule has 0 aliphatic carbocycles. The number of aliphatic hydroxyl groups excluding tert-OH is 1. The zero-order valence-electron chi connectivity index (χ0n) is 8.44. The minimum absolute atomic E-state index is 0.345. The standard InChI is InChI=1S/C8H8ClNOS.CH3NOS/c1-11-8(12)10-7-4-2-6(9)3-5-7;2-1(3)4/h2-5H,1H3,(H,10,12);(H3,2,3,4). The molecule has 0 bridgehead atoms. The molecule has 0 fully saturated rings. The molecule has 7 heteroatoms. The van der Waals surface area contributed by atoms with Crippen molar-refractivity contribution in [3.05, 3.63) is 29.3 Å². The lowest BCUT2D eigenvalue weighted by molar-refractivity contribution is 0.413. The first kappa shape index (κ1) is 14.9. The number of benzene rings is 1. The molecule has 0 aliphatic rings. The molecule has 0 unspecified atom stereocenters. The van der Waals surface area contributed by atoms with Crippen LogP contribution in [0.5, 0.6) is 0 Å². The molecular formula is C9H11ClN2O2S2. The minimum Gasteiger partial charge on any atom is -0.487 e. The van der Waals surface area contributed by atoms with E-state index in [4.69, 9.17) is 33.7 Å². The molecule has 1 aromatic carbocycles. The van der Waals surface area contributed by atoms with Gasteiger partial charge < -0.3 is 20.9 Å². The Morgan fingerprint density at radius 3 is 2.19 bits per heavy atom. The number of halogens is 1. The summed E-state index contributed by atoms with van der Waals surface area (Å²) in [6, 6.07) is 7.21. The molecule has 88 valence electrons. The van der Waals surface area contributed by atoms with E-state index in [1.807, 2.05) is 12.1 Å². The largest absolute Gasteiger partial charge is 0.487 e. The number of nitrogens with two attached hydrogens (primary N) is 1. The van der Waals surface area contributed by atoms with Crippen LogP contribution in [-0.2, 0) is 4.74 Å². The maximum atomic E-state index is 7.56. The molecule has 0 aliphatic heterocycles. The lowest BCUT2D eigenvalue weighted by atomic mass is 10.3. The zero-order chi connectivity index (χ0) is 12.6. The molecule has 1 rings (SSSR count). The molecule has 0 radical (unpaired) electrons. The van der Waals surface area contributed by atoms with E-state index in [-0.39, 0.29) is 0 Å². The van der Waals surface area contributed by atoms with E-state index in [0.29, 0.717) is 10.2 Å². The van der Waals surface area contributed by atoms with Gasteiger partial charge in [-0.1, -0.05) is 11.6 Å². The lowest BCUT2D eigenvalue weighted by Gasteiger charge is -2.05. The highest BCUT2D eigenvalue weighted by atomic mass is 35.5. The molecule has 0 amide bonds. The van der Waals surface area contributed by atoms with Gasteiger partial charge in [-0.3, -0.25) is 0 Å². The quantitative estimate of drug-likeness (QED) is 0.686. The average Bonchev–Trinajstić information content (AvgIpc) is 2.20. The van der Waals surface area contributed by atoms with Gasteiger partial charge in [-0.25, -0.2) is 0 Å². The van der Waals surface area contributed by atoms with E-state index in [9.17, 15) is 0 Å². The van der Waals surface area contributed by atoms with E-state index in [1.165, 1.54) is 7.11 Å². The Morgan fingerprint density at radius 1 is 1.38 bits per heavy atom. The third-order valence-corrected chi connectivity index (χ3v) is 1.80. The van der Waals surface area contributed by atoms with Crippen LogP contribution in [0.25, 0.3) is 0 Å². The Kier molecular flexibility index (Phi) is 7.53. The summed E-state index contributed by atoms with van der Waals surface area (Å²) in [6.45, 7) is 0. The Hall–Kier alpha value is -1.11. The molecular weight excluding hydrogens is 268 g/mol. The van der Waals surface area contributed by atoms with Gasteiger partial charge in [0.2, 0.25) is 0 Å². The third kappa shape index (κ3) is 8.22. The van der Waals surface area contributed by atoms with Crippen LogP contribution in [0.4, 0.5) is 5.69 Å². The van der Waals surface area contributed by atoms with Gasteiger partial charge in [0.05, 0.1) is 7.11 Å². The highest BCUT2D eigenvalue weighted by Gasteiger charge is 1.94. The maximum absolute atomic E-state index is 7.56. The van der Waals surface area contributed by atoms with Crippen LogP contribution in [-0.4, -0.2) is 22.6 Å². The number of methoxy groups -OCH3 is 1. The predicted molar refractivity (Wildman–Crippen MR) is 74.1 cm³/mol. The minimum atomic E-state index is -0.500. The van der Waals surface area contributed by atoms with Crippen molar-refractivity contribution in [1.82, 2.24) is 0 Å². The Morgan fingerprint density at radius 2 is 1.81 bits per heavy atom. The highest BCUT2D eigenvalue weighted by molar-refractivity contribution is 7.80. The molecule has 4 nitrogen and oxygen atoms in total. The molecule has 0 spiro atoms. The van der Waals surface area contributed by atoms with Crippen LogP contribution in [0.15, 0.2) is 24.3 Å². The highest BCUT2D eigenvalue weighted by Crippen LogP contribution is 2.13. The second kappa shape index (κ2) is 8.09. The van der Waals surface area contributed by atoms with Gasteiger partial charge in [0.15, 0.2) is 0 Å². The number of hydrogen-bond donors (Lipinski definition) is 3. The lowest BCUT2D eigenvalue weighted by Crippen LogP contribution is -2.10. The second-order valence-electron chi connectivity index (χ2n) is 2.46. The molecule has 0 aromatic heterocycles. The first-order chi connectivity index (χ1) is 7.45. The van der Waals surface area contributed by atoms with Gasteiger partial charge in [-0.2, -0.15) is 0 Å². The number of nitrogens with one attached hydrogen (secondary N) is 1. The van der Waals surface area contributed by atoms with Gasteiger partial charge in [-0.05, 0) is 48.7 Å². The third-order valence-electron chi connectivity index (χ3n) is 1.28. The van der Waals surface area contributed by atoms with Gasteiger partial charge in [0.1, 0.15) is 0 Å². The van der Waals surface area contributed by atoms with Gasteiger partial charge in [0, 0.05) is 10.7 Å². The van der Waals surface area contributed by atoms with Crippen molar-refractivity contribution in [2.24, 2.45) is 5.73 Å². The van der Waals surface area contributed by atoms with Crippen LogP contribution < -0.4 is 11.1 Å². The molecule has 0 saturated carbocycles. The van der Waals surface area contributed by atoms with Crippen molar-refractivity contribution in [3.63, 3.8) is 0 Å². The molecule has 0 atom stereocenters. The van der Waals surface area contributed by atoms with Crippen LogP contribution in [0.3, 0.4) is 0 Å². The fourth-order valence-electron chi connectivity index (χ4n) is 0.702. The SMILES string of the molecule is COC(=S)Nc1ccc(Cl)cc1.NC(O)=S. The Labute approximate surface area is 109 Å². The first-order valence-electron chi connectivity index (χ1n) is 4.04. The zero-order valence-corrected chi connectivity index (χ0v) is 10.8. The predicted octanol–water partition coefficient (Wildman–Crippen LogP) is 2.47. The van der Waals surface area contributed by atoms with Crippen molar-refractivity contribution in [2.75, 3.05) is 12.4 Å². The van der Waals surface area contributed by atoms with Crippen molar-refractivity contribution >= 4 is 52.1 Å². The van der Waals surface area contributed by atoms with Gasteiger partial charge >= 0.3 is 0 Å². The summed E-state index contributed by atoms with van der Waals surface area (Å²) < 4.78 is 4.77. The topological polar surface area (TPSA) is 67.5 Å². The van der Waals surface area contributed by atoms with Crippen molar-refractivity contribution in [1.29, 1.82) is 0 Å². The fraction of sp³-hybridized carbons (Fsp3) is 0.111. The monoisotopic (exact) mass is 278 g/mol. The maximum Gasteiger partial charge on any atom is 0.260 e. The van der Waals surface area contributed by atoms with Crippen LogP contribution in [0, 0.1) is 0 Å². The number of anilines is 1. The number of aliphatic hydroxyl groups is 1. The molecule has 1 aromatic rings. The van der Waals surface area contributed by atoms with Crippen LogP contribution in [0.1, 0.15) is 0 Å². The molecule has 0 heterocycles. The molecule has 4 N–H and O–H groups in total. The summed E-state index contributed by atoms with van der Waals surface area (Å²) in [7, 11) is 1.52. The van der Waals surface area contributed by atoms with E-state index in [2.05, 4.69) is 23.3 Å². The van der Waals surface area contributed by atoms with E-state index >= 15 is 0 Å². The van der Waals surface area contributed by atoms with E-state index in [0.717, 1.165) is 5.69 Å². The number of thiocarbonyl (C=S) groups is 2. The molecule has 0 saturated heterocycles. The Balaban J connectivity index is 0.000000487. The Bertz CT molecular complexity index is 353. The summed E-state index contributed by atoms with van der Waals surface area (Å²) in [4.78, 5) is 0. The molecule has 16 heavy (non-hydrogen) atoms. The fourth-order valence-corrected chi connectivity index (χ4v) is 0.946. The number of hydrogen-bond acceptors (Lipinski definition) is 3. The van der Waals surface area contributed by atoms with Crippen LogP contribution >= 0.6 is 36.0 Å². The van der Waals surface area contributed by atoms with Gasteiger partial charge in [-0.15, -0.1) is 0 Å².